The number of nitrogens with zero attached hydrogens (tertiary/aromatic N) is 1. The largest absolute Gasteiger partial charge is 0.388 e. The normalized spacial score (nSPS) is 17.6. The minimum absolute atomic E-state index is 0.0461. The second-order valence-electron chi connectivity index (χ2n) is 10.1. The fourth-order valence-corrected chi connectivity index (χ4v) is 5.65. The van der Waals surface area contributed by atoms with E-state index in [4.69, 9.17) is 0 Å². The second kappa shape index (κ2) is 15.2. The first-order valence-corrected chi connectivity index (χ1v) is 13.7. The Morgan fingerprint density at radius 1 is 1.23 bits per heavy atom. The minimum Gasteiger partial charge on any atom is -0.388 e. The maximum Gasteiger partial charge on any atom is 0.349 e. The lowest BCUT2D eigenvalue weighted by Crippen LogP contribution is -2.19. The molecule has 4 nitrogen and oxygen atoms in total. The van der Waals surface area contributed by atoms with Gasteiger partial charge in [-0.15, -0.1) is 0 Å². The van der Waals surface area contributed by atoms with Crippen LogP contribution in [0.3, 0.4) is 0 Å². The summed E-state index contributed by atoms with van der Waals surface area (Å²) in [5.74, 6) is -0.885. The molecule has 0 fully saturated rings. The van der Waals surface area contributed by atoms with Crippen molar-refractivity contribution >= 4 is 27.6 Å². The number of carbonyl (C=O) groups excluding carboxylic acids is 1. The molecule has 2 heterocycles. The summed E-state index contributed by atoms with van der Waals surface area (Å²) < 4.78 is 13.7. The maximum absolute atomic E-state index is 12.5. The lowest BCUT2D eigenvalue weighted by molar-refractivity contribution is -0.184. The first kappa shape index (κ1) is 29.3. The molecule has 6 heteroatoms. The van der Waals surface area contributed by atoms with Gasteiger partial charge >= 0.3 is 5.97 Å². The third-order valence-electron chi connectivity index (χ3n) is 6.77. The number of aliphatic imine (C=N–C) groups is 1. The standard InChI is InChI=1S/C29H42BrFN2O2/c1-20(2)27(28(30)17-24-12-10-14-32-23(24)5)13-9-7-6-8-11-25(18-29(34)35-31)26-16-21(3)15-22(4)33-19-26/h16-17,19,25,32H,6-15,18H2,1-5H3/b28-17+/t25-/m0/s1. The molecule has 0 amide bonds. The summed E-state index contributed by atoms with van der Waals surface area (Å²) in [4.78, 5) is 19.7. The van der Waals surface area contributed by atoms with E-state index in [9.17, 15) is 9.32 Å². The SMILES string of the molecule is CC1=CC([C@@H](CCCCCCC(=C(C)C)/C(Br)=C\C2=C(C)NCCC2)CC(=O)OF)=CN=C(C)C1. The third-order valence-corrected chi connectivity index (χ3v) is 7.48. The summed E-state index contributed by atoms with van der Waals surface area (Å²) in [5.41, 5.74) is 8.64. The van der Waals surface area contributed by atoms with Crippen LogP contribution in [-0.2, 0) is 9.74 Å². The van der Waals surface area contributed by atoms with E-state index >= 15 is 0 Å². The molecule has 0 aromatic rings. The number of halogens is 2. The van der Waals surface area contributed by atoms with Gasteiger partial charge in [0.15, 0.2) is 0 Å². The zero-order chi connectivity index (χ0) is 25.8. The summed E-state index contributed by atoms with van der Waals surface area (Å²) in [7, 11) is 0. The van der Waals surface area contributed by atoms with Crippen LogP contribution in [0.25, 0.3) is 0 Å². The Hall–Kier alpha value is -1.95. The average molecular weight is 550 g/mol. The molecule has 0 aliphatic carbocycles. The van der Waals surface area contributed by atoms with Crippen LogP contribution in [0.1, 0.15) is 98.8 Å². The summed E-state index contributed by atoms with van der Waals surface area (Å²) in [5, 5.41) is 3.46. The molecular formula is C29H42BrFN2O2. The highest BCUT2D eigenvalue weighted by Gasteiger charge is 2.20. The van der Waals surface area contributed by atoms with Crippen molar-refractivity contribution in [3.05, 3.63) is 56.4 Å². The lowest BCUT2D eigenvalue weighted by atomic mass is 9.89. The van der Waals surface area contributed by atoms with Crippen molar-refractivity contribution in [2.45, 2.75) is 98.8 Å². The van der Waals surface area contributed by atoms with Crippen LogP contribution >= 0.6 is 15.9 Å². The van der Waals surface area contributed by atoms with Gasteiger partial charge in [-0.1, -0.05) is 52.4 Å². The van der Waals surface area contributed by atoms with Crippen LogP contribution in [0, 0.1) is 5.92 Å². The van der Waals surface area contributed by atoms with Gasteiger partial charge < -0.3 is 5.32 Å². The third kappa shape index (κ3) is 10.3. The van der Waals surface area contributed by atoms with Gasteiger partial charge in [-0.2, -0.15) is 0 Å². The molecule has 0 aromatic carbocycles. The van der Waals surface area contributed by atoms with Crippen LogP contribution in [0.15, 0.2) is 61.4 Å². The molecule has 1 N–H and O–H groups in total. The van der Waals surface area contributed by atoms with E-state index in [2.05, 4.69) is 71.0 Å². The van der Waals surface area contributed by atoms with E-state index in [0.29, 0.717) is 0 Å². The van der Waals surface area contributed by atoms with E-state index in [1.807, 2.05) is 13.1 Å². The summed E-state index contributed by atoms with van der Waals surface area (Å²) in [6.07, 6.45) is 15.5. The molecule has 0 bridgehead atoms. The maximum atomic E-state index is 12.5. The van der Waals surface area contributed by atoms with Crippen molar-refractivity contribution in [3.63, 3.8) is 0 Å². The zero-order valence-electron chi connectivity index (χ0n) is 22.1. The quantitative estimate of drug-likeness (QED) is 0.196. The molecule has 0 spiro atoms. The van der Waals surface area contributed by atoms with Crippen LogP contribution in [0.4, 0.5) is 4.53 Å². The molecule has 2 rings (SSSR count). The Morgan fingerprint density at radius 3 is 2.66 bits per heavy atom. The van der Waals surface area contributed by atoms with E-state index in [1.165, 1.54) is 38.9 Å². The monoisotopic (exact) mass is 548 g/mol. The van der Waals surface area contributed by atoms with Gasteiger partial charge in [0.25, 0.3) is 0 Å². The second-order valence-corrected chi connectivity index (χ2v) is 11.0. The summed E-state index contributed by atoms with van der Waals surface area (Å²) >= 11 is 3.84. The van der Waals surface area contributed by atoms with Gasteiger partial charge in [0.05, 0.1) is 6.42 Å². The lowest BCUT2D eigenvalue weighted by Gasteiger charge is -2.18. The molecule has 0 aromatic heterocycles. The van der Waals surface area contributed by atoms with E-state index < -0.39 is 5.97 Å². The molecule has 0 saturated heterocycles. The highest BCUT2D eigenvalue weighted by molar-refractivity contribution is 9.12. The number of carbonyl (C=O) groups is 1. The Labute approximate surface area is 219 Å². The predicted molar refractivity (Wildman–Crippen MR) is 148 cm³/mol. The van der Waals surface area contributed by atoms with Crippen molar-refractivity contribution < 1.29 is 14.3 Å². The van der Waals surface area contributed by atoms with Gasteiger partial charge in [0.1, 0.15) is 0 Å². The van der Waals surface area contributed by atoms with Gasteiger partial charge in [-0.05, 0) is 95.4 Å². The van der Waals surface area contributed by atoms with E-state index in [1.54, 1.807) is 0 Å². The van der Waals surface area contributed by atoms with Crippen molar-refractivity contribution in [1.29, 1.82) is 0 Å². The summed E-state index contributed by atoms with van der Waals surface area (Å²) in [6, 6.07) is 0. The first-order chi connectivity index (χ1) is 16.7. The minimum atomic E-state index is -0.810. The average Bonchev–Trinajstić information content (AvgIpc) is 2.98. The molecule has 0 unspecified atom stereocenters. The number of unbranched alkanes of at least 4 members (excludes halogenated alkanes) is 3. The fourth-order valence-electron chi connectivity index (χ4n) is 4.78. The smallest absolute Gasteiger partial charge is 0.349 e. The van der Waals surface area contributed by atoms with Crippen molar-refractivity contribution in [1.82, 2.24) is 5.32 Å². The van der Waals surface area contributed by atoms with Crippen molar-refractivity contribution in [2.24, 2.45) is 10.9 Å². The van der Waals surface area contributed by atoms with E-state index in [0.717, 1.165) is 69.2 Å². The zero-order valence-corrected chi connectivity index (χ0v) is 23.7. The van der Waals surface area contributed by atoms with Gasteiger partial charge in [-0.3, -0.25) is 9.93 Å². The number of hydrogen-bond acceptors (Lipinski definition) is 4. The van der Waals surface area contributed by atoms with Crippen LogP contribution < -0.4 is 5.32 Å². The Bertz CT molecular complexity index is 936. The molecular weight excluding hydrogens is 507 g/mol. The van der Waals surface area contributed by atoms with Gasteiger partial charge in [0.2, 0.25) is 0 Å². The molecule has 2 aliphatic heterocycles. The topological polar surface area (TPSA) is 50.7 Å². The van der Waals surface area contributed by atoms with Crippen LogP contribution in [0.5, 0.6) is 0 Å². The van der Waals surface area contributed by atoms with Crippen molar-refractivity contribution in [2.75, 3.05) is 6.54 Å². The number of hydrogen-bond donors (Lipinski definition) is 1. The van der Waals surface area contributed by atoms with Gasteiger partial charge in [-0.25, -0.2) is 4.79 Å². The summed E-state index contributed by atoms with van der Waals surface area (Å²) in [6.45, 7) is 11.6. The number of rotatable bonds is 12. The molecule has 35 heavy (non-hydrogen) atoms. The molecule has 0 radical (unpaired) electrons. The Balaban J connectivity index is 1.90. The number of nitrogens with one attached hydrogen (secondary N) is 1. The van der Waals surface area contributed by atoms with Gasteiger partial charge in [0, 0.05) is 39.6 Å². The predicted octanol–water partition coefficient (Wildman–Crippen LogP) is 8.73. The Kier molecular flexibility index (Phi) is 12.7. The first-order valence-electron chi connectivity index (χ1n) is 12.9. The number of allylic oxidation sites excluding steroid dienone is 9. The molecule has 2 aliphatic rings. The molecule has 194 valence electrons. The Morgan fingerprint density at radius 2 is 1.97 bits per heavy atom. The van der Waals surface area contributed by atoms with Crippen LogP contribution in [0.2, 0.25) is 0 Å². The molecule has 0 saturated carbocycles. The highest BCUT2D eigenvalue weighted by atomic mass is 79.9. The molecule has 1 atom stereocenters. The fraction of sp³-hybridized carbons (Fsp3) is 0.586. The highest BCUT2D eigenvalue weighted by Crippen LogP contribution is 2.31. The van der Waals surface area contributed by atoms with Crippen LogP contribution in [-0.4, -0.2) is 18.2 Å². The van der Waals surface area contributed by atoms with Crippen molar-refractivity contribution in [3.8, 4) is 0 Å². The van der Waals surface area contributed by atoms with E-state index in [-0.39, 0.29) is 12.3 Å².